The maximum atomic E-state index is 5.78. The highest BCUT2D eigenvalue weighted by Gasteiger charge is 2.08. The van der Waals surface area contributed by atoms with E-state index >= 15 is 0 Å². The van der Waals surface area contributed by atoms with Crippen LogP contribution in [0.3, 0.4) is 0 Å². The van der Waals surface area contributed by atoms with Gasteiger partial charge in [-0.15, -0.1) is 11.3 Å². The van der Waals surface area contributed by atoms with Crippen molar-refractivity contribution in [1.29, 1.82) is 0 Å². The van der Waals surface area contributed by atoms with Gasteiger partial charge in [0.05, 0.1) is 0 Å². The van der Waals surface area contributed by atoms with E-state index in [1.54, 1.807) is 11.3 Å². The van der Waals surface area contributed by atoms with Crippen molar-refractivity contribution in [1.82, 2.24) is 10.3 Å². The third kappa shape index (κ3) is 4.83. The van der Waals surface area contributed by atoms with Crippen molar-refractivity contribution in [3.63, 3.8) is 0 Å². The molecule has 0 saturated carbocycles. The molecule has 1 heterocycles. The summed E-state index contributed by atoms with van der Waals surface area (Å²) in [4.78, 5) is 4.40. The molecule has 114 valence electrons. The van der Waals surface area contributed by atoms with E-state index in [4.69, 9.17) is 4.74 Å². The lowest BCUT2D eigenvalue weighted by atomic mass is 10.0. The molecule has 0 aliphatic heterocycles. The van der Waals surface area contributed by atoms with Crippen LogP contribution in [-0.4, -0.2) is 11.5 Å². The zero-order valence-corrected chi connectivity index (χ0v) is 13.9. The number of hydrogen-bond acceptors (Lipinski definition) is 4. The second-order valence-electron chi connectivity index (χ2n) is 5.16. The van der Waals surface area contributed by atoms with E-state index in [1.807, 2.05) is 24.4 Å². The smallest absolute Gasteiger partial charge is 0.140 e. The molecule has 0 bridgehead atoms. The molecule has 0 aliphatic rings. The maximum Gasteiger partial charge on any atom is 0.140 e. The van der Waals surface area contributed by atoms with Crippen molar-refractivity contribution >= 4 is 11.3 Å². The van der Waals surface area contributed by atoms with E-state index in [0.29, 0.717) is 12.6 Å². The van der Waals surface area contributed by atoms with E-state index in [9.17, 15) is 0 Å². The number of hydrogen-bond donors (Lipinski definition) is 1. The first-order valence-electron chi connectivity index (χ1n) is 7.60. The summed E-state index contributed by atoms with van der Waals surface area (Å²) in [5.41, 5.74) is 2.38. The molecular formula is C17H24N2OS. The second-order valence-corrected chi connectivity index (χ2v) is 6.10. The number of thiazole rings is 1. The Bertz CT molecular complexity index is 536. The lowest BCUT2D eigenvalue weighted by molar-refractivity contribution is 0.305. The summed E-state index contributed by atoms with van der Waals surface area (Å²) < 4.78 is 5.78. The Balaban J connectivity index is 1.91. The lowest BCUT2D eigenvalue weighted by Gasteiger charge is -2.17. The highest BCUT2D eigenvalue weighted by molar-refractivity contribution is 7.09. The van der Waals surface area contributed by atoms with Crippen molar-refractivity contribution in [3.05, 3.63) is 45.9 Å². The van der Waals surface area contributed by atoms with Gasteiger partial charge < -0.3 is 10.1 Å². The molecule has 2 aromatic rings. The van der Waals surface area contributed by atoms with Crippen molar-refractivity contribution < 1.29 is 4.74 Å². The van der Waals surface area contributed by atoms with E-state index in [1.165, 1.54) is 5.56 Å². The average Bonchev–Trinajstić information content (AvgIpc) is 2.93. The zero-order valence-electron chi connectivity index (χ0n) is 13.1. The molecule has 21 heavy (non-hydrogen) atoms. The van der Waals surface area contributed by atoms with Crippen LogP contribution in [0.4, 0.5) is 0 Å². The van der Waals surface area contributed by atoms with E-state index in [2.05, 4.69) is 36.3 Å². The second kappa shape index (κ2) is 8.15. The van der Waals surface area contributed by atoms with Gasteiger partial charge in [-0.3, -0.25) is 0 Å². The Morgan fingerprint density at radius 1 is 1.24 bits per heavy atom. The van der Waals surface area contributed by atoms with Gasteiger partial charge in [0.15, 0.2) is 0 Å². The maximum absolute atomic E-state index is 5.78. The Morgan fingerprint density at radius 2 is 2.00 bits per heavy atom. The molecule has 1 aromatic heterocycles. The average molecular weight is 304 g/mol. The zero-order chi connectivity index (χ0) is 15.1. The van der Waals surface area contributed by atoms with Crippen molar-refractivity contribution in [2.75, 3.05) is 6.54 Å². The van der Waals surface area contributed by atoms with Gasteiger partial charge in [-0.05, 0) is 44.0 Å². The first-order chi connectivity index (χ1) is 10.2. The fourth-order valence-corrected chi connectivity index (χ4v) is 2.91. The normalized spacial score (nSPS) is 12.3. The molecule has 0 spiro atoms. The van der Waals surface area contributed by atoms with Gasteiger partial charge in [0.25, 0.3) is 0 Å². The number of nitrogens with zero attached hydrogens (tertiary/aromatic N) is 1. The van der Waals surface area contributed by atoms with Crippen LogP contribution in [0.2, 0.25) is 0 Å². The predicted molar refractivity (Wildman–Crippen MR) is 89.0 cm³/mol. The highest BCUT2D eigenvalue weighted by Crippen LogP contribution is 2.21. The minimum atomic E-state index is 0.431. The van der Waals surface area contributed by atoms with Gasteiger partial charge in [0.1, 0.15) is 17.4 Å². The van der Waals surface area contributed by atoms with E-state index in [0.717, 1.165) is 35.8 Å². The van der Waals surface area contributed by atoms with E-state index in [-0.39, 0.29) is 0 Å². The largest absolute Gasteiger partial charge is 0.486 e. The van der Waals surface area contributed by atoms with Crippen LogP contribution < -0.4 is 10.1 Å². The molecule has 1 atom stereocenters. The third-order valence-electron chi connectivity index (χ3n) is 3.36. The highest BCUT2D eigenvalue weighted by atomic mass is 32.1. The minimum Gasteiger partial charge on any atom is -0.486 e. The van der Waals surface area contributed by atoms with Crippen LogP contribution in [0.25, 0.3) is 0 Å². The molecule has 1 N–H and O–H groups in total. The summed E-state index contributed by atoms with van der Waals surface area (Å²) >= 11 is 1.64. The summed E-state index contributed by atoms with van der Waals surface area (Å²) in [6.45, 7) is 8.01. The Hall–Kier alpha value is -1.39. The van der Waals surface area contributed by atoms with Gasteiger partial charge in [0.2, 0.25) is 0 Å². The fourth-order valence-electron chi connectivity index (χ4n) is 2.23. The summed E-state index contributed by atoms with van der Waals surface area (Å²) in [6.07, 6.45) is 2.25. The molecule has 0 fully saturated rings. The molecule has 0 amide bonds. The van der Waals surface area contributed by atoms with E-state index < -0.39 is 0 Å². The number of aryl methyl sites for hydroxylation is 1. The van der Waals surface area contributed by atoms with Crippen molar-refractivity contribution in [2.24, 2.45) is 0 Å². The molecular weight excluding hydrogens is 280 g/mol. The van der Waals surface area contributed by atoms with Crippen LogP contribution in [0, 0.1) is 6.92 Å². The standard InChI is InChI=1S/C17H24N2OS/c1-4-10-18-16(5-2)14-6-8-15(9-7-14)20-11-17-19-13(3)12-21-17/h6-9,12,16,18H,4-5,10-11H2,1-3H3. The number of rotatable bonds is 8. The Kier molecular flexibility index (Phi) is 6.21. The molecule has 0 saturated heterocycles. The van der Waals surface area contributed by atoms with Crippen LogP contribution >= 0.6 is 11.3 Å². The molecule has 0 radical (unpaired) electrons. The first-order valence-corrected chi connectivity index (χ1v) is 8.48. The van der Waals surface area contributed by atoms with Gasteiger partial charge in [-0.25, -0.2) is 4.98 Å². The topological polar surface area (TPSA) is 34.1 Å². The number of nitrogens with one attached hydrogen (secondary N) is 1. The number of aromatic nitrogens is 1. The number of benzene rings is 1. The molecule has 4 heteroatoms. The van der Waals surface area contributed by atoms with Crippen molar-refractivity contribution in [2.45, 2.75) is 46.3 Å². The fraction of sp³-hybridized carbons (Fsp3) is 0.471. The summed E-state index contributed by atoms with van der Waals surface area (Å²) in [5.74, 6) is 0.900. The Labute approximate surface area is 131 Å². The molecule has 2 rings (SSSR count). The summed E-state index contributed by atoms with van der Waals surface area (Å²) in [6, 6.07) is 8.83. The Morgan fingerprint density at radius 3 is 2.57 bits per heavy atom. The SMILES string of the molecule is CCCNC(CC)c1ccc(OCc2nc(C)cs2)cc1. The molecule has 0 aliphatic carbocycles. The summed E-state index contributed by atoms with van der Waals surface area (Å²) in [5, 5.41) is 6.64. The molecule has 3 nitrogen and oxygen atoms in total. The number of ether oxygens (including phenoxy) is 1. The predicted octanol–water partition coefficient (Wildman–Crippen LogP) is 4.48. The molecule has 1 unspecified atom stereocenters. The first kappa shape index (κ1) is 16.0. The van der Waals surface area contributed by atoms with Gasteiger partial charge in [0, 0.05) is 17.1 Å². The van der Waals surface area contributed by atoms with Gasteiger partial charge in [-0.2, -0.15) is 0 Å². The minimum absolute atomic E-state index is 0.431. The van der Waals surface area contributed by atoms with Crippen LogP contribution in [-0.2, 0) is 6.61 Å². The summed E-state index contributed by atoms with van der Waals surface area (Å²) in [7, 11) is 0. The monoisotopic (exact) mass is 304 g/mol. The van der Waals surface area contributed by atoms with Gasteiger partial charge in [-0.1, -0.05) is 26.0 Å². The quantitative estimate of drug-likeness (QED) is 0.780. The third-order valence-corrected chi connectivity index (χ3v) is 4.30. The molecule has 1 aromatic carbocycles. The van der Waals surface area contributed by atoms with Crippen LogP contribution in [0.1, 0.15) is 49.0 Å². The van der Waals surface area contributed by atoms with Crippen molar-refractivity contribution in [3.8, 4) is 5.75 Å². The van der Waals surface area contributed by atoms with Crippen LogP contribution in [0.5, 0.6) is 5.75 Å². The van der Waals surface area contributed by atoms with Crippen LogP contribution in [0.15, 0.2) is 29.6 Å². The lowest BCUT2D eigenvalue weighted by Crippen LogP contribution is -2.21. The van der Waals surface area contributed by atoms with Gasteiger partial charge >= 0.3 is 0 Å².